The number of likely N-dealkylation sites (tertiary alicyclic amines) is 1. The fraction of sp³-hybridized carbons (Fsp3) is 0.909. The van der Waals surface area contributed by atoms with E-state index in [2.05, 4.69) is 19.2 Å². The van der Waals surface area contributed by atoms with Gasteiger partial charge in [-0.2, -0.15) is 0 Å². The predicted octanol–water partition coefficient (Wildman–Crippen LogP) is 1.24. The van der Waals surface area contributed by atoms with Crippen molar-refractivity contribution in [2.45, 2.75) is 39.7 Å². The zero-order valence-corrected chi connectivity index (χ0v) is 9.98. The van der Waals surface area contributed by atoms with Crippen molar-refractivity contribution in [1.82, 2.24) is 10.2 Å². The number of amides is 1. The van der Waals surface area contributed by atoms with Crippen LogP contribution in [0.4, 0.5) is 0 Å². The van der Waals surface area contributed by atoms with Gasteiger partial charge in [0, 0.05) is 13.1 Å². The van der Waals surface area contributed by atoms with E-state index < -0.39 is 5.54 Å². The highest BCUT2D eigenvalue weighted by atomic mass is 16.2. The summed E-state index contributed by atoms with van der Waals surface area (Å²) in [5.74, 6) is 0.213. The van der Waals surface area contributed by atoms with Crippen LogP contribution in [0, 0.1) is 5.41 Å². The molecular weight excluding hydrogens is 176 g/mol. The highest BCUT2D eigenvalue weighted by Crippen LogP contribution is 2.29. The molecule has 0 aromatic heterocycles. The van der Waals surface area contributed by atoms with Crippen LogP contribution >= 0.6 is 0 Å². The lowest BCUT2D eigenvalue weighted by molar-refractivity contribution is -0.136. The Morgan fingerprint density at radius 2 is 2.00 bits per heavy atom. The first-order chi connectivity index (χ1) is 6.28. The lowest BCUT2D eigenvalue weighted by Crippen LogP contribution is -2.52. The first-order valence-electron chi connectivity index (χ1n) is 5.27. The number of hydrogen-bond donors (Lipinski definition) is 1. The second-order valence-corrected chi connectivity index (χ2v) is 5.52. The van der Waals surface area contributed by atoms with Crippen molar-refractivity contribution in [3.05, 3.63) is 0 Å². The Morgan fingerprint density at radius 1 is 1.43 bits per heavy atom. The molecule has 1 N–H and O–H groups in total. The normalized spacial score (nSPS) is 21.4. The Morgan fingerprint density at radius 3 is 2.36 bits per heavy atom. The standard InChI is InChI=1S/C11H22N2O/c1-10(2)6-7-13(8-10)9(14)11(3,4)12-5/h12H,6-8H2,1-5H3. The maximum Gasteiger partial charge on any atom is 0.242 e. The molecule has 0 aromatic rings. The van der Waals surface area contributed by atoms with E-state index in [1.165, 1.54) is 0 Å². The minimum absolute atomic E-state index is 0.213. The predicted molar refractivity (Wildman–Crippen MR) is 58.1 cm³/mol. The Kier molecular flexibility index (Phi) is 2.91. The van der Waals surface area contributed by atoms with Gasteiger partial charge in [-0.05, 0) is 32.7 Å². The zero-order chi connectivity index (χ0) is 11.0. The van der Waals surface area contributed by atoms with Gasteiger partial charge in [0.2, 0.25) is 5.91 Å². The van der Waals surface area contributed by atoms with Crippen LogP contribution in [0.15, 0.2) is 0 Å². The number of nitrogens with one attached hydrogen (secondary N) is 1. The Hall–Kier alpha value is -0.570. The van der Waals surface area contributed by atoms with Gasteiger partial charge in [0.15, 0.2) is 0 Å². The number of rotatable bonds is 2. The van der Waals surface area contributed by atoms with Gasteiger partial charge < -0.3 is 10.2 Å². The molecule has 14 heavy (non-hydrogen) atoms. The van der Waals surface area contributed by atoms with Gasteiger partial charge in [-0.1, -0.05) is 13.8 Å². The molecule has 0 aromatic carbocycles. The summed E-state index contributed by atoms with van der Waals surface area (Å²) in [4.78, 5) is 14.0. The molecule has 1 saturated heterocycles. The largest absolute Gasteiger partial charge is 0.341 e. The molecule has 1 amide bonds. The molecule has 0 radical (unpaired) electrons. The van der Waals surface area contributed by atoms with Gasteiger partial charge in [0.05, 0.1) is 5.54 Å². The monoisotopic (exact) mass is 198 g/mol. The molecule has 0 bridgehead atoms. The van der Waals surface area contributed by atoms with Crippen molar-refractivity contribution in [1.29, 1.82) is 0 Å². The summed E-state index contributed by atoms with van der Waals surface area (Å²) in [5.41, 5.74) is -0.139. The second kappa shape index (κ2) is 3.54. The molecule has 3 heteroatoms. The Balaban J connectivity index is 2.65. The molecule has 1 rings (SSSR count). The lowest BCUT2D eigenvalue weighted by Gasteiger charge is -2.29. The van der Waals surface area contributed by atoms with E-state index in [0.29, 0.717) is 5.41 Å². The van der Waals surface area contributed by atoms with Crippen molar-refractivity contribution in [2.75, 3.05) is 20.1 Å². The van der Waals surface area contributed by atoms with E-state index in [0.717, 1.165) is 19.5 Å². The van der Waals surface area contributed by atoms with Crippen molar-refractivity contribution in [3.63, 3.8) is 0 Å². The number of likely N-dealkylation sites (N-methyl/N-ethyl adjacent to an activating group) is 1. The van der Waals surface area contributed by atoms with E-state index in [1.54, 1.807) is 0 Å². The van der Waals surface area contributed by atoms with Crippen molar-refractivity contribution < 1.29 is 4.79 Å². The molecule has 82 valence electrons. The van der Waals surface area contributed by atoms with Crippen LogP contribution in [0.3, 0.4) is 0 Å². The number of carbonyl (C=O) groups excluding carboxylic acids is 1. The minimum Gasteiger partial charge on any atom is -0.341 e. The molecule has 0 aliphatic carbocycles. The van der Waals surface area contributed by atoms with E-state index in [-0.39, 0.29) is 5.91 Å². The molecule has 1 aliphatic rings. The summed E-state index contributed by atoms with van der Waals surface area (Å²) in [6.45, 7) is 10.1. The van der Waals surface area contributed by atoms with Gasteiger partial charge in [0.25, 0.3) is 0 Å². The summed E-state index contributed by atoms with van der Waals surface area (Å²) in [6, 6.07) is 0. The van der Waals surface area contributed by atoms with Crippen molar-refractivity contribution in [3.8, 4) is 0 Å². The summed E-state index contributed by atoms with van der Waals surface area (Å²) >= 11 is 0. The number of hydrogen-bond acceptors (Lipinski definition) is 2. The van der Waals surface area contributed by atoms with E-state index in [1.807, 2.05) is 25.8 Å². The van der Waals surface area contributed by atoms with Crippen LogP contribution in [-0.4, -0.2) is 36.5 Å². The van der Waals surface area contributed by atoms with Gasteiger partial charge >= 0.3 is 0 Å². The van der Waals surface area contributed by atoms with Crippen LogP contribution in [0.5, 0.6) is 0 Å². The van der Waals surface area contributed by atoms with E-state index >= 15 is 0 Å². The smallest absolute Gasteiger partial charge is 0.242 e. The molecule has 0 spiro atoms. The van der Waals surface area contributed by atoms with Crippen LogP contribution < -0.4 is 5.32 Å². The minimum atomic E-state index is -0.430. The van der Waals surface area contributed by atoms with Crippen molar-refractivity contribution in [2.24, 2.45) is 5.41 Å². The summed E-state index contributed by atoms with van der Waals surface area (Å²) in [7, 11) is 1.83. The van der Waals surface area contributed by atoms with Gasteiger partial charge in [-0.25, -0.2) is 0 Å². The third-order valence-corrected chi connectivity index (χ3v) is 3.12. The van der Waals surface area contributed by atoms with Crippen LogP contribution in [0.1, 0.15) is 34.1 Å². The summed E-state index contributed by atoms with van der Waals surface area (Å²) < 4.78 is 0. The van der Waals surface area contributed by atoms with Crippen LogP contribution in [-0.2, 0) is 4.79 Å². The summed E-state index contributed by atoms with van der Waals surface area (Å²) in [5, 5.41) is 3.05. The Bertz CT molecular complexity index is 233. The maximum absolute atomic E-state index is 12.0. The molecule has 1 fully saturated rings. The third-order valence-electron chi connectivity index (χ3n) is 3.12. The highest BCUT2D eigenvalue weighted by Gasteiger charge is 2.37. The molecule has 0 saturated carbocycles. The Labute approximate surface area is 86.9 Å². The topological polar surface area (TPSA) is 32.3 Å². The van der Waals surface area contributed by atoms with E-state index in [9.17, 15) is 4.79 Å². The first-order valence-corrected chi connectivity index (χ1v) is 5.27. The molecular formula is C11H22N2O. The fourth-order valence-corrected chi connectivity index (χ4v) is 1.79. The molecule has 1 aliphatic heterocycles. The fourth-order valence-electron chi connectivity index (χ4n) is 1.79. The number of carbonyl (C=O) groups is 1. The molecule has 0 unspecified atom stereocenters. The average Bonchev–Trinajstić information content (AvgIpc) is 2.44. The second-order valence-electron chi connectivity index (χ2n) is 5.52. The molecule has 1 heterocycles. The van der Waals surface area contributed by atoms with Crippen LogP contribution in [0.2, 0.25) is 0 Å². The average molecular weight is 198 g/mol. The van der Waals surface area contributed by atoms with Gasteiger partial charge in [0.1, 0.15) is 0 Å². The first kappa shape index (κ1) is 11.5. The lowest BCUT2D eigenvalue weighted by atomic mass is 9.93. The molecule has 0 atom stereocenters. The number of nitrogens with zero attached hydrogens (tertiary/aromatic N) is 1. The van der Waals surface area contributed by atoms with Crippen molar-refractivity contribution >= 4 is 5.91 Å². The highest BCUT2D eigenvalue weighted by molar-refractivity contribution is 5.85. The maximum atomic E-state index is 12.0. The van der Waals surface area contributed by atoms with Gasteiger partial charge in [-0.3, -0.25) is 4.79 Å². The van der Waals surface area contributed by atoms with E-state index in [4.69, 9.17) is 0 Å². The third kappa shape index (κ3) is 2.27. The van der Waals surface area contributed by atoms with Crippen LogP contribution in [0.25, 0.3) is 0 Å². The van der Waals surface area contributed by atoms with Gasteiger partial charge in [-0.15, -0.1) is 0 Å². The quantitative estimate of drug-likeness (QED) is 0.724. The molecule has 3 nitrogen and oxygen atoms in total. The zero-order valence-electron chi connectivity index (χ0n) is 9.98. The SMILES string of the molecule is CNC(C)(C)C(=O)N1CCC(C)(C)C1. The summed E-state index contributed by atoms with van der Waals surface area (Å²) in [6.07, 6.45) is 1.11.